The van der Waals surface area contributed by atoms with Crippen LogP contribution in [-0.2, 0) is 4.79 Å². The number of aryl methyl sites for hydroxylation is 2. The molecule has 0 saturated heterocycles. The highest BCUT2D eigenvalue weighted by Gasteiger charge is 2.16. The van der Waals surface area contributed by atoms with Gasteiger partial charge in [0.1, 0.15) is 11.6 Å². The Bertz CT molecular complexity index is 1010. The zero-order valence-corrected chi connectivity index (χ0v) is 15.1. The van der Waals surface area contributed by atoms with Crippen LogP contribution in [0.1, 0.15) is 28.9 Å². The molecule has 0 atom stereocenters. The van der Waals surface area contributed by atoms with Crippen LogP contribution in [-0.4, -0.2) is 26.6 Å². The van der Waals surface area contributed by atoms with Crippen molar-refractivity contribution < 1.29 is 14.0 Å². The SMILES string of the molecule is CC(=O)Nc1cc(NC(=O)c2nc(C)n(-c3ccc(F)cc3)n2)ccc1C. The van der Waals surface area contributed by atoms with E-state index in [1.165, 1.54) is 23.7 Å². The number of hydrogen-bond donors (Lipinski definition) is 2. The summed E-state index contributed by atoms with van der Waals surface area (Å²) in [6, 6.07) is 10.9. The Labute approximate surface area is 155 Å². The third-order valence-electron chi connectivity index (χ3n) is 3.85. The molecule has 0 radical (unpaired) electrons. The quantitative estimate of drug-likeness (QED) is 0.741. The van der Waals surface area contributed by atoms with E-state index in [1.807, 2.05) is 6.92 Å². The number of carbonyl (C=O) groups excluding carboxylic acids is 2. The van der Waals surface area contributed by atoms with E-state index >= 15 is 0 Å². The second kappa shape index (κ2) is 7.36. The summed E-state index contributed by atoms with van der Waals surface area (Å²) in [7, 11) is 0. The number of hydrogen-bond acceptors (Lipinski definition) is 4. The molecule has 0 bridgehead atoms. The van der Waals surface area contributed by atoms with Crippen molar-refractivity contribution in [2.24, 2.45) is 0 Å². The average Bonchev–Trinajstić information content (AvgIpc) is 3.00. The van der Waals surface area contributed by atoms with Gasteiger partial charge in [-0.3, -0.25) is 9.59 Å². The Hall–Kier alpha value is -3.55. The van der Waals surface area contributed by atoms with Crippen molar-refractivity contribution in [3.63, 3.8) is 0 Å². The fourth-order valence-electron chi connectivity index (χ4n) is 2.52. The van der Waals surface area contributed by atoms with Crippen molar-refractivity contribution in [3.05, 3.63) is 65.5 Å². The third kappa shape index (κ3) is 4.17. The highest BCUT2D eigenvalue weighted by atomic mass is 19.1. The standard InChI is InChI=1S/C19H18FN5O2/c1-11-4-7-15(10-17(11)22-13(3)26)23-19(27)18-21-12(2)25(24-18)16-8-5-14(20)6-9-16/h4-10H,1-3H3,(H,22,26)(H,23,27). The Morgan fingerprint density at radius 3 is 2.41 bits per heavy atom. The topological polar surface area (TPSA) is 88.9 Å². The summed E-state index contributed by atoms with van der Waals surface area (Å²) in [5.41, 5.74) is 2.59. The minimum Gasteiger partial charge on any atom is -0.326 e. The van der Waals surface area contributed by atoms with E-state index < -0.39 is 5.91 Å². The number of amides is 2. The van der Waals surface area contributed by atoms with Crippen molar-refractivity contribution >= 4 is 23.2 Å². The molecule has 3 aromatic rings. The molecule has 0 aliphatic rings. The van der Waals surface area contributed by atoms with Crippen LogP contribution in [0.4, 0.5) is 15.8 Å². The highest BCUT2D eigenvalue weighted by Crippen LogP contribution is 2.21. The van der Waals surface area contributed by atoms with E-state index in [0.29, 0.717) is 22.9 Å². The van der Waals surface area contributed by atoms with Crippen LogP contribution in [0, 0.1) is 19.7 Å². The van der Waals surface area contributed by atoms with Gasteiger partial charge in [-0.05, 0) is 55.8 Å². The summed E-state index contributed by atoms with van der Waals surface area (Å²) in [6.45, 7) is 4.97. The van der Waals surface area contributed by atoms with E-state index in [4.69, 9.17) is 0 Å². The molecule has 0 aliphatic heterocycles. The molecule has 0 saturated carbocycles. The van der Waals surface area contributed by atoms with Crippen LogP contribution in [0.3, 0.4) is 0 Å². The normalized spacial score (nSPS) is 10.5. The van der Waals surface area contributed by atoms with Crippen LogP contribution >= 0.6 is 0 Å². The number of aromatic nitrogens is 3. The predicted octanol–water partition coefficient (Wildman–Crippen LogP) is 3.23. The van der Waals surface area contributed by atoms with Crippen LogP contribution in [0.5, 0.6) is 0 Å². The zero-order valence-electron chi connectivity index (χ0n) is 15.1. The number of rotatable bonds is 4. The first-order chi connectivity index (χ1) is 12.8. The van der Waals surface area contributed by atoms with E-state index in [-0.39, 0.29) is 17.5 Å². The fraction of sp³-hybridized carbons (Fsp3) is 0.158. The molecule has 0 unspecified atom stereocenters. The van der Waals surface area contributed by atoms with Gasteiger partial charge in [0, 0.05) is 18.3 Å². The highest BCUT2D eigenvalue weighted by molar-refractivity contribution is 6.02. The second-order valence-corrected chi connectivity index (χ2v) is 6.04. The summed E-state index contributed by atoms with van der Waals surface area (Å²) >= 11 is 0. The lowest BCUT2D eigenvalue weighted by atomic mass is 10.1. The molecule has 0 aliphatic carbocycles. The average molecular weight is 367 g/mol. The van der Waals surface area contributed by atoms with E-state index in [1.54, 1.807) is 37.3 Å². The smallest absolute Gasteiger partial charge is 0.295 e. The molecule has 1 aromatic heterocycles. The molecule has 0 fully saturated rings. The van der Waals surface area contributed by atoms with Gasteiger partial charge in [0.15, 0.2) is 0 Å². The molecule has 2 N–H and O–H groups in total. The van der Waals surface area contributed by atoms with E-state index in [2.05, 4.69) is 20.7 Å². The van der Waals surface area contributed by atoms with E-state index in [0.717, 1.165) is 5.56 Å². The van der Waals surface area contributed by atoms with Gasteiger partial charge in [-0.2, -0.15) is 0 Å². The number of carbonyl (C=O) groups is 2. The van der Waals surface area contributed by atoms with Gasteiger partial charge < -0.3 is 10.6 Å². The van der Waals surface area contributed by atoms with Crippen LogP contribution < -0.4 is 10.6 Å². The first-order valence-corrected chi connectivity index (χ1v) is 8.22. The second-order valence-electron chi connectivity index (χ2n) is 6.04. The van der Waals surface area contributed by atoms with Gasteiger partial charge in [-0.1, -0.05) is 6.07 Å². The Morgan fingerprint density at radius 1 is 1.04 bits per heavy atom. The summed E-state index contributed by atoms with van der Waals surface area (Å²) in [6.07, 6.45) is 0. The van der Waals surface area contributed by atoms with E-state index in [9.17, 15) is 14.0 Å². The Kier molecular flexibility index (Phi) is 4.98. The molecule has 3 rings (SSSR count). The van der Waals surface area contributed by atoms with Gasteiger partial charge in [0.05, 0.1) is 5.69 Å². The Morgan fingerprint density at radius 2 is 1.74 bits per heavy atom. The van der Waals surface area contributed by atoms with Crippen molar-refractivity contribution in [2.75, 3.05) is 10.6 Å². The number of anilines is 2. The summed E-state index contributed by atoms with van der Waals surface area (Å²) < 4.78 is 14.5. The minimum absolute atomic E-state index is 0.0153. The third-order valence-corrected chi connectivity index (χ3v) is 3.85. The van der Waals surface area contributed by atoms with Crippen molar-refractivity contribution in [2.45, 2.75) is 20.8 Å². The van der Waals surface area contributed by atoms with Crippen molar-refractivity contribution in [1.82, 2.24) is 14.8 Å². The number of nitrogens with zero attached hydrogens (tertiary/aromatic N) is 3. The van der Waals surface area contributed by atoms with Crippen LogP contribution in [0.15, 0.2) is 42.5 Å². The number of halogens is 1. The van der Waals surface area contributed by atoms with Gasteiger partial charge in [-0.25, -0.2) is 14.1 Å². The molecule has 2 amide bonds. The largest absolute Gasteiger partial charge is 0.326 e. The molecular weight excluding hydrogens is 349 g/mol. The van der Waals surface area contributed by atoms with Gasteiger partial charge in [-0.15, -0.1) is 5.10 Å². The molecule has 138 valence electrons. The van der Waals surface area contributed by atoms with Gasteiger partial charge in [0.25, 0.3) is 5.91 Å². The molecule has 8 heteroatoms. The lowest BCUT2D eigenvalue weighted by Crippen LogP contribution is -2.15. The lowest BCUT2D eigenvalue weighted by Gasteiger charge is -2.09. The minimum atomic E-state index is -0.489. The first kappa shape index (κ1) is 18.2. The zero-order chi connectivity index (χ0) is 19.6. The summed E-state index contributed by atoms with van der Waals surface area (Å²) in [5.74, 6) is -0.564. The Balaban J connectivity index is 1.82. The molecule has 27 heavy (non-hydrogen) atoms. The fourth-order valence-corrected chi connectivity index (χ4v) is 2.52. The number of benzene rings is 2. The number of nitrogens with one attached hydrogen (secondary N) is 2. The van der Waals surface area contributed by atoms with Gasteiger partial charge in [0.2, 0.25) is 11.7 Å². The van der Waals surface area contributed by atoms with Gasteiger partial charge >= 0.3 is 0 Å². The molecular formula is C19H18FN5O2. The van der Waals surface area contributed by atoms with Crippen molar-refractivity contribution in [3.8, 4) is 5.69 Å². The molecule has 2 aromatic carbocycles. The summed E-state index contributed by atoms with van der Waals surface area (Å²) in [5, 5.41) is 9.62. The lowest BCUT2D eigenvalue weighted by molar-refractivity contribution is -0.114. The maximum Gasteiger partial charge on any atom is 0.295 e. The predicted molar refractivity (Wildman–Crippen MR) is 99.5 cm³/mol. The molecule has 7 nitrogen and oxygen atoms in total. The van der Waals surface area contributed by atoms with Crippen LogP contribution in [0.2, 0.25) is 0 Å². The maximum atomic E-state index is 13.1. The molecule has 0 spiro atoms. The van der Waals surface area contributed by atoms with Crippen LogP contribution in [0.25, 0.3) is 5.69 Å². The monoisotopic (exact) mass is 367 g/mol. The van der Waals surface area contributed by atoms with Crippen molar-refractivity contribution in [1.29, 1.82) is 0 Å². The molecule has 1 heterocycles. The summed E-state index contributed by atoms with van der Waals surface area (Å²) in [4.78, 5) is 27.9. The maximum absolute atomic E-state index is 13.1. The first-order valence-electron chi connectivity index (χ1n) is 8.22.